The molecule has 2 unspecified atom stereocenters. The molecule has 0 heterocycles. The number of likely N-dealkylation sites (N-methyl/N-ethyl adjacent to an activating group) is 8. The lowest BCUT2D eigenvalue weighted by molar-refractivity contribution is 0.0735. The van der Waals surface area contributed by atoms with Crippen LogP contribution in [-0.4, -0.2) is 237 Å². The largest absolute Gasteiger partial charge is 0.491 e. The number of aliphatic hydroxyl groups excluding tert-OH is 2. The Bertz CT molecular complexity index is 1170. The van der Waals surface area contributed by atoms with E-state index >= 15 is 0 Å². The van der Waals surface area contributed by atoms with Gasteiger partial charge in [0.15, 0.2) is 0 Å². The van der Waals surface area contributed by atoms with Crippen LogP contribution in [0, 0.1) is 0 Å². The second-order valence-corrected chi connectivity index (χ2v) is 16.9. The van der Waals surface area contributed by atoms with E-state index in [1.54, 1.807) is 0 Å². The normalized spacial score (nSPS) is 13.8. The Hall–Kier alpha value is -2.36. The first-order chi connectivity index (χ1) is 25.9. The number of ether oxygens (including phenoxy) is 2. The molecule has 0 saturated heterocycles. The van der Waals surface area contributed by atoms with Gasteiger partial charge in [-0.15, -0.1) is 0 Å². The standard InChI is InChI=1S/C43H80N8O4/c1-43(2,37-13-17-41(18-14-37)54-35-39(52)33-50(11)31-29-48(9)27-25-46(7)23-21-44(3)4)38-15-19-42(20-16-38)55-36-40(53)34-51(12)32-30-49(10)28-26-47(8)24-22-45(5)6/h13-20,39-40,52-53H,21-36H2,1-12H3. The Balaban J connectivity index is 1.70. The van der Waals surface area contributed by atoms with Gasteiger partial charge in [0.05, 0.1) is 0 Å². The van der Waals surface area contributed by atoms with Crippen molar-refractivity contribution < 1.29 is 19.7 Å². The van der Waals surface area contributed by atoms with E-state index < -0.39 is 12.2 Å². The minimum atomic E-state index is -0.570. The number of hydrogen-bond donors (Lipinski definition) is 2. The smallest absolute Gasteiger partial charge is 0.119 e. The minimum Gasteiger partial charge on any atom is -0.491 e. The summed E-state index contributed by atoms with van der Waals surface area (Å²) in [6.07, 6.45) is -1.14. The summed E-state index contributed by atoms with van der Waals surface area (Å²) in [6.45, 7) is 18.1. The van der Waals surface area contributed by atoms with Crippen LogP contribution in [0.2, 0.25) is 0 Å². The Labute approximate surface area is 336 Å². The van der Waals surface area contributed by atoms with Crippen LogP contribution in [0.25, 0.3) is 0 Å². The summed E-state index contributed by atoms with van der Waals surface area (Å²) in [4.78, 5) is 18.2. The number of aliphatic hydroxyl groups is 2. The van der Waals surface area contributed by atoms with E-state index in [1.807, 2.05) is 24.3 Å². The fourth-order valence-electron chi connectivity index (χ4n) is 6.05. The molecule has 2 rings (SSSR count). The first-order valence-corrected chi connectivity index (χ1v) is 20.2. The van der Waals surface area contributed by atoms with Gasteiger partial charge in [0.1, 0.15) is 36.9 Å². The van der Waals surface area contributed by atoms with E-state index in [-0.39, 0.29) is 18.6 Å². The average Bonchev–Trinajstić information content (AvgIpc) is 3.14. The molecule has 0 bridgehead atoms. The van der Waals surface area contributed by atoms with Gasteiger partial charge in [0, 0.05) is 97.0 Å². The summed E-state index contributed by atoms with van der Waals surface area (Å²) in [5.74, 6) is 1.50. The molecule has 2 atom stereocenters. The zero-order chi connectivity index (χ0) is 41.0. The van der Waals surface area contributed by atoms with Crippen LogP contribution in [0.3, 0.4) is 0 Å². The fourth-order valence-corrected chi connectivity index (χ4v) is 6.05. The predicted molar refractivity (Wildman–Crippen MR) is 230 cm³/mol. The number of benzene rings is 2. The van der Waals surface area contributed by atoms with Crippen LogP contribution in [0.5, 0.6) is 11.5 Å². The molecule has 0 spiro atoms. The van der Waals surface area contributed by atoms with Crippen LogP contribution in [0.4, 0.5) is 0 Å². The molecule has 2 N–H and O–H groups in total. The van der Waals surface area contributed by atoms with Crippen molar-refractivity contribution in [3.63, 3.8) is 0 Å². The average molecular weight is 773 g/mol. The topological polar surface area (TPSA) is 84.8 Å². The van der Waals surface area contributed by atoms with Gasteiger partial charge in [-0.1, -0.05) is 38.1 Å². The fraction of sp³-hybridized carbons (Fsp3) is 0.721. The van der Waals surface area contributed by atoms with E-state index in [0.717, 1.165) is 90.0 Å². The zero-order valence-corrected chi connectivity index (χ0v) is 36.9. The monoisotopic (exact) mass is 773 g/mol. The maximum absolute atomic E-state index is 10.7. The molecule has 0 aromatic heterocycles. The molecule has 0 aliphatic heterocycles. The molecule has 2 aromatic rings. The second-order valence-electron chi connectivity index (χ2n) is 16.9. The molecule has 0 radical (unpaired) electrons. The van der Waals surface area contributed by atoms with Gasteiger partial charge in [0.2, 0.25) is 0 Å². The third kappa shape index (κ3) is 21.1. The molecule has 12 nitrogen and oxygen atoms in total. The molecule has 0 amide bonds. The SMILES string of the molecule is CN(C)CCN(C)CCN(C)CCN(C)CC(O)COc1ccc(C(C)(C)c2ccc(OCC(O)CN(C)CCN(C)CCN(C)CCN(C)C)cc2)cc1. The number of nitrogens with zero attached hydrogens (tertiary/aromatic N) is 8. The molecule has 55 heavy (non-hydrogen) atoms. The maximum atomic E-state index is 10.7. The van der Waals surface area contributed by atoms with Gasteiger partial charge in [-0.05, 0) is 106 Å². The van der Waals surface area contributed by atoms with Crippen molar-refractivity contribution in [2.24, 2.45) is 0 Å². The molecule has 2 aromatic carbocycles. The summed E-state index contributed by atoms with van der Waals surface area (Å²) < 4.78 is 11.9. The summed E-state index contributed by atoms with van der Waals surface area (Å²) in [5, 5.41) is 21.3. The molecule has 0 aliphatic carbocycles. The molecule has 0 aliphatic rings. The highest BCUT2D eigenvalue weighted by Gasteiger charge is 2.23. The summed E-state index contributed by atoms with van der Waals surface area (Å²) >= 11 is 0. The summed E-state index contributed by atoms with van der Waals surface area (Å²) in [6, 6.07) is 16.3. The maximum Gasteiger partial charge on any atom is 0.119 e. The highest BCUT2D eigenvalue weighted by atomic mass is 16.5. The van der Waals surface area contributed by atoms with Gasteiger partial charge in [0.25, 0.3) is 0 Å². The van der Waals surface area contributed by atoms with Gasteiger partial charge < -0.3 is 58.9 Å². The van der Waals surface area contributed by atoms with E-state index in [2.05, 4.69) is 148 Å². The van der Waals surface area contributed by atoms with Crippen molar-refractivity contribution in [2.75, 3.05) is 175 Å². The highest BCUT2D eigenvalue weighted by molar-refractivity contribution is 5.41. The summed E-state index contributed by atoms with van der Waals surface area (Å²) in [5.41, 5.74) is 2.11. The summed E-state index contributed by atoms with van der Waals surface area (Å²) in [7, 11) is 21.2. The van der Waals surface area contributed by atoms with Crippen molar-refractivity contribution in [1.29, 1.82) is 0 Å². The van der Waals surface area contributed by atoms with Gasteiger partial charge >= 0.3 is 0 Å². The first kappa shape index (κ1) is 48.8. The van der Waals surface area contributed by atoms with Gasteiger partial charge in [-0.3, -0.25) is 0 Å². The second kappa shape index (κ2) is 25.8. The first-order valence-electron chi connectivity index (χ1n) is 20.2. The lowest BCUT2D eigenvalue weighted by atomic mass is 9.78. The molecule has 0 fully saturated rings. The van der Waals surface area contributed by atoms with Crippen molar-refractivity contribution in [3.8, 4) is 11.5 Å². The predicted octanol–water partition coefficient (Wildman–Crippen LogP) is 2.21. The van der Waals surface area contributed by atoms with Crippen molar-refractivity contribution in [3.05, 3.63) is 59.7 Å². The van der Waals surface area contributed by atoms with E-state index in [1.165, 1.54) is 11.1 Å². The van der Waals surface area contributed by atoms with Gasteiger partial charge in [-0.25, -0.2) is 0 Å². The minimum absolute atomic E-state index is 0.231. The van der Waals surface area contributed by atoms with E-state index in [0.29, 0.717) is 13.1 Å². The van der Waals surface area contributed by atoms with Crippen LogP contribution in [0.1, 0.15) is 25.0 Å². The van der Waals surface area contributed by atoms with Crippen LogP contribution >= 0.6 is 0 Å². The molecule has 12 heteroatoms. The van der Waals surface area contributed by atoms with Gasteiger partial charge in [-0.2, -0.15) is 0 Å². The Kier molecular flexibility index (Phi) is 22.9. The van der Waals surface area contributed by atoms with Crippen molar-refractivity contribution in [1.82, 2.24) is 39.2 Å². The third-order valence-corrected chi connectivity index (χ3v) is 10.4. The zero-order valence-electron chi connectivity index (χ0n) is 36.9. The number of hydrogen-bond acceptors (Lipinski definition) is 12. The number of rotatable bonds is 30. The Morgan fingerprint density at radius 1 is 0.418 bits per heavy atom. The Morgan fingerprint density at radius 2 is 0.673 bits per heavy atom. The van der Waals surface area contributed by atoms with E-state index in [4.69, 9.17) is 9.47 Å². The van der Waals surface area contributed by atoms with Crippen molar-refractivity contribution >= 4 is 0 Å². The quantitative estimate of drug-likeness (QED) is 0.122. The lowest BCUT2D eigenvalue weighted by Crippen LogP contribution is -2.40. The molecule has 316 valence electrons. The molecular formula is C43H80N8O4. The molecule has 0 saturated carbocycles. The van der Waals surface area contributed by atoms with E-state index in [9.17, 15) is 10.2 Å². The van der Waals surface area contributed by atoms with Crippen LogP contribution in [-0.2, 0) is 5.41 Å². The molecular weight excluding hydrogens is 693 g/mol. The third-order valence-electron chi connectivity index (χ3n) is 10.4. The Morgan fingerprint density at radius 3 is 0.945 bits per heavy atom. The van der Waals surface area contributed by atoms with Crippen molar-refractivity contribution in [2.45, 2.75) is 31.5 Å². The highest BCUT2D eigenvalue weighted by Crippen LogP contribution is 2.33. The lowest BCUT2D eigenvalue weighted by Gasteiger charge is -2.27. The van der Waals surface area contributed by atoms with Crippen LogP contribution < -0.4 is 9.47 Å². The van der Waals surface area contributed by atoms with Crippen LogP contribution in [0.15, 0.2) is 48.5 Å².